The van der Waals surface area contributed by atoms with Gasteiger partial charge in [0.05, 0.1) is 5.56 Å². The fourth-order valence-electron chi connectivity index (χ4n) is 1.11. The fourth-order valence-corrected chi connectivity index (χ4v) is 1.11. The molecule has 0 bridgehead atoms. The molecule has 0 amide bonds. The summed E-state index contributed by atoms with van der Waals surface area (Å²) < 4.78 is 28.2. The number of carbonyl (C=O) groups excluding carboxylic acids is 1. The molecule has 0 saturated heterocycles. The Bertz CT molecular complexity index is 353. The van der Waals surface area contributed by atoms with Gasteiger partial charge in [-0.2, -0.15) is 0 Å². The van der Waals surface area contributed by atoms with Gasteiger partial charge in [0.25, 0.3) is 0 Å². The fraction of sp³-hybridized carbons (Fsp3) is 0.222. The van der Waals surface area contributed by atoms with Crippen molar-refractivity contribution in [3.05, 3.63) is 29.3 Å². The minimum absolute atomic E-state index is 0.0625. The first-order valence-corrected chi connectivity index (χ1v) is 4.07. The average molecular weight is 198 g/mol. The second-order valence-corrected chi connectivity index (χ2v) is 2.93. The number of hydrogen-bond donors (Lipinski definition) is 0. The molecule has 5 heteroatoms. The molecular formula is C9H9BF2O2. The van der Waals surface area contributed by atoms with E-state index in [4.69, 9.17) is 0 Å². The normalized spacial score (nSPS) is 9.71. The van der Waals surface area contributed by atoms with E-state index in [1.807, 2.05) is 0 Å². The van der Waals surface area contributed by atoms with E-state index in [2.05, 4.69) is 4.65 Å². The van der Waals surface area contributed by atoms with Gasteiger partial charge in [-0.05, 0) is 31.5 Å². The lowest BCUT2D eigenvalue weighted by molar-refractivity contribution is 0.101. The Balaban J connectivity index is 3.09. The summed E-state index contributed by atoms with van der Waals surface area (Å²) in [5.74, 6) is -0.354. The van der Waals surface area contributed by atoms with Gasteiger partial charge in [-0.15, -0.1) is 0 Å². The maximum atomic E-state index is 12.0. The molecule has 74 valence electrons. The first kappa shape index (κ1) is 10.7. The van der Waals surface area contributed by atoms with E-state index in [1.54, 1.807) is 13.0 Å². The molecular weight excluding hydrogens is 189 g/mol. The Morgan fingerprint density at radius 1 is 1.43 bits per heavy atom. The molecule has 0 fully saturated rings. The first-order chi connectivity index (χ1) is 6.50. The van der Waals surface area contributed by atoms with Crippen molar-refractivity contribution in [3.63, 3.8) is 0 Å². The maximum absolute atomic E-state index is 12.0. The summed E-state index contributed by atoms with van der Waals surface area (Å²) in [6.07, 6.45) is 0. The van der Waals surface area contributed by atoms with Crippen LogP contribution in [0.15, 0.2) is 18.2 Å². The van der Waals surface area contributed by atoms with Gasteiger partial charge >= 0.3 is 7.47 Å². The molecule has 0 atom stereocenters. The number of benzene rings is 1. The van der Waals surface area contributed by atoms with Crippen LogP contribution in [0, 0.1) is 6.92 Å². The molecule has 2 nitrogen and oxygen atoms in total. The summed E-state index contributed by atoms with van der Waals surface area (Å²) in [6.45, 7) is 3.05. The highest BCUT2D eigenvalue weighted by atomic mass is 19.2. The number of carbonyl (C=O) groups is 1. The number of ketones is 1. The molecule has 0 N–H and O–H groups in total. The summed E-state index contributed by atoms with van der Waals surface area (Å²) in [4.78, 5) is 11.0. The van der Waals surface area contributed by atoms with E-state index < -0.39 is 7.47 Å². The van der Waals surface area contributed by atoms with E-state index in [-0.39, 0.29) is 17.1 Å². The van der Waals surface area contributed by atoms with Crippen LogP contribution in [0.4, 0.5) is 8.63 Å². The third-order valence-electron chi connectivity index (χ3n) is 1.73. The zero-order chi connectivity index (χ0) is 10.7. The van der Waals surface area contributed by atoms with Gasteiger partial charge < -0.3 is 4.65 Å². The number of aryl methyl sites for hydroxylation is 1. The van der Waals surface area contributed by atoms with Crippen molar-refractivity contribution in [1.82, 2.24) is 0 Å². The van der Waals surface area contributed by atoms with Gasteiger partial charge in [0, 0.05) is 0 Å². The molecule has 0 aliphatic carbocycles. The van der Waals surface area contributed by atoms with E-state index in [1.165, 1.54) is 19.1 Å². The summed E-state index contributed by atoms with van der Waals surface area (Å²) in [5.41, 5.74) is 0.946. The summed E-state index contributed by atoms with van der Waals surface area (Å²) >= 11 is 0. The van der Waals surface area contributed by atoms with Crippen LogP contribution in [-0.2, 0) is 0 Å². The average Bonchev–Trinajstić information content (AvgIpc) is 2.01. The second-order valence-electron chi connectivity index (χ2n) is 2.93. The van der Waals surface area contributed by atoms with Gasteiger partial charge in [0.1, 0.15) is 5.75 Å². The monoisotopic (exact) mass is 198 g/mol. The van der Waals surface area contributed by atoms with E-state index in [0.717, 1.165) is 5.56 Å². The lowest BCUT2D eigenvalue weighted by Gasteiger charge is -2.07. The zero-order valence-corrected chi connectivity index (χ0v) is 7.88. The maximum Gasteiger partial charge on any atom is 0.796 e. The number of rotatable bonds is 3. The number of hydrogen-bond acceptors (Lipinski definition) is 2. The van der Waals surface area contributed by atoms with Gasteiger partial charge in [0.2, 0.25) is 0 Å². The van der Waals surface area contributed by atoms with Crippen LogP contribution in [0.5, 0.6) is 5.75 Å². The van der Waals surface area contributed by atoms with Crippen molar-refractivity contribution in [2.75, 3.05) is 0 Å². The van der Waals surface area contributed by atoms with Crippen LogP contribution >= 0.6 is 0 Å². The van der Waals surface area contributed by atoms with Crippen molar-refractivity contribution in [2.45, 2.75) is 13.8 Å². The van der Waals surface area contributed by atoms with Gasteiger partial charge in [-0.25, -0.2) is 8.63 Å². The lowest BCUT2D eigenvalue weighted by atomic mass is 10.1. The highest BCUT2D eigenvalue weighted by Crippen LogP contribution is 2.21. The molecule has 1 rings (SSSR count). The quantitative estimate of drug-likeness (QED) is 0.550. The largest absolute Gasteiger partial charge is 0.796 e. The van der Waals surface area contributed by atoms with Crippen molar-refractivity contribution in [1.29, 1.82) is 0 Å². The van der Waals surface area contributed by atoms with Crippen LogP contribution in [0.2, 0.25) is 0 Å². The van der Waals surface area contributed by atoms with Crippen LogP contribution < -0.4 is 4.65 Å². The molecule has 0 saturated carbocycles. The number of Topliss-reactive ketones (excluding diaryl/α,β-unsaturated/α-hetero) is 1. The Morgan fingerprint density at radius 2 is 2.07 bits per heavy atom. The zero-order valence-electron chi connectivity index (χ0n) is 7.88. The Hall–Kier alpha value is -1.39. The van der Waals surface area contributed by atoms with Crippen molar-refractivity contribution < 1.29 is 18.1 Å². The topological polar surface area (TPSA) is 26.3 Å². The van der Waals surface area contributed by atoms with E-state index in [0.29, 0.717) is 0 Å². The van der Waals surface area contributed by atoms with E-state index in [9.17, 15) is 13.4 Å². The minimum Gasteiger partial charge on any atom is -0.505 e. The van der Waals surface area contributed by atoms with Crippen molar-refractivity contribution >= 4 is 13.3 Å². The molecule has 1 aromatic rings. The van der Waals surface area contributed by atoms with Crippen LogP contribution in [0.3, 0.4) is 0 Å². The van der Waals surface area contributed by atoms with Gasteiger partial charge in [-0.1, -0.05) is 6.07 Å². The third-order valence-corrected chi connectivity index (χ3v) is 1.73. The van der Waals surface area contributed by atoms with Crippen LogP contribution in [0.1, 0.15) is 22.8 Å². The minimum atomic E-state index is -2.91. The van der Waals surface area contributed by atoms with Gasteiger partial charge in [-0.3, -0.25) is 4.79 Å². The molecule has 1 aromatic carbocycles. The van der Waals surface area contributed by atoms with Crippen molar-refractivity contribution in [3.8, 4) is 5.75 Å². The molecule has 0 aliphatic heterocycles. The van der Waals surface area contributed by atoms with Crippen LogP contribution in [0.25, 0.3) is 0 Å². The summed E-state index contributed by atoms with van der Waals surface area (Å²) in [7, 11) is -2.91. The third kappa shape index (κ3) is 2.55. The highest BCUT2D eigenvalue weighted by molar-refractivity contribution is 6.35. The Labute approximate surface area is 81.1 Å². The van der Waals surface area contributed by atoms with Crippen LogP contribution in [-0.4, -0.2) is 13.3 Å². The molecule has 0 heterocycles. The summed E-state index contributed by atoms with van der Waals surface area (Å²) in [5, 5.41) is 0. The molecule has 14 heavy (non-hydrogen) atoms. The molecule has 0 radical (unpaired) electrons. The summed E-state index contributed by atoms with van der Waals surface area (Å²) in [6, 6.07) is 4.58. The first-order valence-electron chi connectivity index (χ1n) is 4.07. The lowest BCUT2D eigenvalue weighted by Crippen LogP contribution is -2.11. The molecule has 0 aromatic heterocycles. The predicted molar refractivity (Wildman–Crippen MR) is 49.8 cm³/mol. The second kappa shape index (κ2) is 4.22. The standard InChI is InChI=1S/C9H9BF2O2/c1-6-3-4-8(7(2)13)9(5-6)14-10(11)12/h3-5H,1-2H3. The van der Waals surface area contributed by atoms with E-state index >= 15 is 0 Å². The SMILES string of the molecule is CC(=O)c1ccc(C)cc1OB(F)F. The Kier molecular flexibility index (Phi) is 3.22. The number of halogens is 2. The smallest absolute Gasteiger partial charge is 0.505 e. The predicted octanol–water partition coefficient (Wildman–Crippen LogP) is 2.50. The molecule has 0 spiro atoms. The van der Waals surface area contributed by atoms with Crippen molar-refractivity contribution in [2.24, 2.45) is 0 Å². The Morgan fingerprint density at radius 3 is 2.57 bits per heavy atom. The molecule has 0 aliphatic rings. The van der Waals surface area contributed by atoms with Gasteiger partial charge in [0.15, 0.2) is 5.78 Å². The highest BCUT2D eigenvalue weighted by Gasteiger charge is 2.20. The molecule has 0 unspecified atom stereocenters.